The van der Waals surface area contributed by atoms with Gasteiger partial charge in [0, 0.05) is 32.8 Å². The van der Waals surface area contributed by atoms with E-state index in [9.17, 15) is 0 Å². The zero-order chi connectivity index (χ0) is 11.6. The van der Waals surface area contributed by atoms with Crippen LogP contribution in [0.4, 0.5) is 0 Å². The number of ether oxygens (including phenoxy) is 1. The molecule has 0 amide bonds. The predicted molar refractivity (Wildman–Crippen MR) is 67.9 cm³/mol. The lowest BCUT2D eigenvalue weighted by atomic mass is 10.3. The molecule has 4 heteroatoms. The van der Waals surface area contributed by atoms with Crippen LogP contribution in [0.3, 0.4) is 0 Å². The molecule has 0 unspecified atom stereocenters. The van der Waals surface area contributed by atoms with Gasteiger partial charge in [-0.05, 0) is 40.0 Å². The average molecular weight is 229 g/mol. The van der Waals surface area contributed by atoms with E-state index in [-0.39, 0.29) is 0 Å². The molecule has 0 aromatic carbocycles. The Morgan fingerprint density at radius 3 is 2.88 bits per heavy atom. The molecule has 4 nitrogen and oxygen atoms in total. The van der Waals surface area contributed by atoms with Gasteiger partial charge in [0.2, 0.25) is 0 Å². The van der Waals surface area contributed by atoms with Gasteiger partial charge in [-0.3, -0.25) is 4.90 Å². The third-order valence-electron chi connectivity index (χ3n) is 2.88. The van der Waals surface area contributed by atoms with E-state index >= 15 is 0 Å². The van der Waals surface area contributed by atoms with Crippen LogP contribution >= 0.6 is 0 Å². The fourth-order valence-corrected chi connectivity index (χ4v) is 1.90. The lowest BCUT2D eigenvalue weighted by Gasteiger charge is -2.19. The van der Waals surface area contributed by atoms with Gasteiger partial charge in [0.1, 0.15) is 0 Å². The summed E-state index contributed by atoms with van der Waals surface area (Å²) in [5.41, 5.74) is 0. The molecule has 1 heterocycles. The van der Waals surface area contributed by atoms with Crippen molar-refractivity contribution in [3.63, 3.8) is 0 Å². The summed E-state index contributed by atoms with van der Waals surface area (Å²) < 4.78 is 5.43. The van der Waals surface area contributed by atoms with E-state index in [0.717, 1.165) is 39.4 Å². The molecule has 0 aromatic rings. The maximum atomic E-state index is 5.43. The monoisotopic (exact) mass is 229 g/mol. The normalized spacial score (nSPS) is 18.9. The molecule has 96 valence electrons. The summed E-state index contributed by atoms with van der Waals surface area (Å²) in [7, 11) is 4.24. The van der Waals surface area contributed by atoms with Crippen molar-refractivity contribution in [3.8, 4) is 0 Å². The Kier molecular flexibility index (Phi) is 7.76. The first-order valence-electron chi connectivity index (χ1n) is 6.44. The quantitative estimate of drug-likeness (QED) is 0.633. The zero-order valence-electron chi connectivity index (χ0n) is 10.9. The highest BCUT2D eigenvalue weighted by atomic mass is 16.5. The van der Waals surface area contributed by atoms with Crippen molar-refractivity contribution in [1.29, 1.82) is 0 Å². The SMILES string of the molecule is CN(C)CCCNCCN1CCCOCC1. The van der Waals surface area contributed by atoms with Crippen LogP contribution in [-0.4, -0.2) is 76.4 Å². The molecular formula is C12H27N3O. The average Bonchev–Trinajstić information content (AvgIpc) is 2.51. The van der Waals surface area contributed by atoms with E-state index in [1.54, 1.807) is 0 Å². The molecule has 0 aromatic heterocycles. The van der Waals surface area contributed by atoms with Gasteiger partial charge in [0.05, 0.1) is 6.61 Å². The predicted octanol–water partition coefficient (Wildman–Crippen LogP) is 0.250. The molecule has 1 rings (SSSR count). The number of rotatable bonds is 7. The first-order chi connectivity index (χ1) is 7.79. The van der Waals surface area contributed by atoms with Gasteiger partial charge in [-0.1, -0.05) is 0 Å². The van der Waals surface area contributed by atoms with Crippen molar-refractivity contribution in [1.82, 2.24) is 15.1 Å². The van der Waals surface area contributed by atoms with Gasteiger partial charge in [-0.25, -0.2) is 0 Å². The molecule has 16 heavy (non-hydrogen) atoms. The zero-order valence-corrected chi connectivity index (χ0v) is 10.9. The first kappa shape index (κ1) is 13.9. The summed E-state index contributed by atoms with van der Waals surface area (Å²) in [5, 5.41) is 3.50. The molecule has 0 bridgehead atoms. The number of nitrogens with one attached hydrogen (secondary N) is 1. The summed E-state index contributed by atoms with van der Waals surface area (Å²) in [6.07, 6.45) is 2.41. The Labute approximate surface area is 99.9 Å². The highest BCUT2D eigenvalue weighted by Crippen LogP contribution is 1.97. The molecule has 0 saturated carbocycles. The van der Waals surface area contributed by atoms with Gasteiger partial charge < -0.3 is 15.0 Å². The minimum Gasteiger partial charge on any atom is -0.380 e. The van der Waals surface area contributed by atoms with Crippen LogP contribution in [0, 0.1) is 0 Å². The fraction of sp³-hybridized carbons (Fsp3) is 1.00. The van der Waals surface area contributed by atoms with Crippen LogP contribution in [-0.2, 0) is 4.74 Å². The van der Waals surface area contributed by atoms with Crippen molar-refractivity contribution in [2.24, 2.45) is 0 Å². The first-order valence-corrected chi connectivity index (χ1v) is 6.44. The lowest BCUT2D eigenvalue weighted by Crippen LogP contribution is -2.34. The van der Waals surface area contributed by atoms with Crippen LogP contribution in [0.25, 0.3) is 0 Å². The second kappa shape index (κ2) is 8.93. The molecular weight excluding hydrogens is 202 g/mol. The largest absolute Gasteiger partial charge is 0.380 e. The highest BCUT2D eigenvalue weighted by Gasteiger charge is 2.07. The summed E-state index contributed by atoms with van der Waals surface area (Å²) in [6.45, 7) is 8.69. The second-order valence-corrected chi connectivity index (χ2v) is 4.71. The molecule has 1 fully saturated rings. The Morgan fingerprint density at radius 2 is 2.06 bits per heavy atom. The molecule has 1 N–H and O–H groups in total. The fourth-order valence-electron chi connectivity index (χ4n) is 1.90. The van der Waals surface area contributed by atoms with Gasteiger partial charge in [0.15, 0.2) is 0 Å². The van der Waals surface area contributed by atoms with E-state index in [1.165, 1.54) is 25.9 Å². The van der Waals surface area contributed by atoms with E-state index < -0.39 is 0 Å². The van der Waals surface area contributed by atoms with Crippen LogP contribution in [0.1, 0.15) is 12.8 Å². The third kappa shape index (κ3) is 7.17. The minimum atomic E-state index is 0.903. The maximum absolute atomic E-state index is 5.43. The summed E-state index contributed by atoms with van der Waals surface area (Å²) >= 11 is 0. The van der Waals surface area contributed by atoms with Crippen molar-refractivity contribution in [2.75, 3.05) is 66.6 Å². The standard InChI is InChI=1S/C12H27N3O/c1-14(2)7-3-5-13-6-9-15-8-4-11-16-12-10-15/h13H,3-12H2,1-2H3. The molecule has 1 aliphatic heterocycles. The van der Waals surface area contributed by atoms with Crippen LogP contribution in [0.5, 0.6) is 0 Å². The molecule has 0 radical (unpaired) electrons. The second-order valence-electron chi connectivity index (χ2n) is 4.71. The van der Waals surface area contributed by atoms with E-state index in [4.69, 9.17) is 4.74 Å². The molecule has 1 aliphatic rings. The minimum absolute atomic E-state index is 0.903. The van der Waals surface area contributed by atoms with Crippen LogP contribution in [0.2, 0.25) is 0 Å². The molecule has 0 atom stereocenters. The van der Waals surface area contributed by atoms with Crippen molar-refractivity contribution >= 4 is 0 Å². The number of hydrogen-bond donors (Lipinski definition) is 1. The third-order valence-corrected chi connectivity index (χ3v) is 2.88. The highest BCUT2D eigenvalue weighted by molar-refractivity contribution is 4.62. The Hall–Kier alpha value is -0.160. The van der Waals surface area contributed by atoms with Crippen molar-refractivity contribution in [2.45, 2.75) is 12.8 Å². The molecule has 0 aliphatic carbocycles. The van der Waals surface area contributed by atoms with E-state index in [1.807, 2.05) is 0 Å². The van der Waals surface area contributed by atoms with Gasteiger partial charge in [-0.2, -0.15) is 0 Å². The topological polar surface area (TPSA) is 27.7 Å². The number of hydrogen-bond acceptors (Lipinski definition) is 4. The van der Waals surface area contributed by atoms with Crippen molar-refractivity contribution in [3.05, 3.63) is 0 Å². The Balaban J connectivity index is 1.89. The van der Waals surface area contributed by atoms with E-state index in [0.29, 0.717) is 0 Å². The number of nitrogens with zero attached hydrogens (tertiary/aromatic N) is 2. The van der Waals surface area contributed by atoms with Gasteiger partial charge in [0.25, 0.3) is 0 Å². The summed E-state index contributed by atoms with van der Waals surface area (Å²) in [5.74, 6) is 0. The molecule has 1 saturated heterocycles. The van der Waals surface area contributed by atoms with E-state index in [2.05, 4.69) is 29.2 Å². The Morgan fingerprint density at radius 1 is 1.19 bits per heavy atom. The van der Waals surface area contributed by atoms with Gasteiger partial charge in [-0.15, -0.1) is 0 Å². The summed E-state index contributed by atoms with van der Waals surface area (Å²) in [6, 6.07) is 0. The van der Waals surface area contributed by atoms with Crippen LogP contribution < -0.4 is 5.32 Å². The van der Waals surface area contributed by atoms with Crippen LogP contribution in [0.15, 0.2) is 0 Å². The maximum Gasteiger partial charge on any atom is 0.0593 e. The lowest BCUT2D eigenvalue weighted by molar-refractivity contribution is 0.141. The van der Waals surface area contributed by atoms with Crippen molar-refractivity contribution < 1.29 is 4.74 Å². The molecule has 0 spiro atoms. The smallest absolute Gasteiger partial charge is 0.0593 e. The summed E-state index contributed by atoms with van der Waals surface area (Å²) in [4.78, 5) is 4.72. The Bertz CT molecular complexity index is 156. The van der Waals surface area contributed by atoms with Gasteiger partial charge >= 0.3 is 0 Å².